The Balaban J connectivity index is 1.49. The van der Waals surface area contributed by atoms with E-state index in [1.807, 2.05) is 47.1 Å². The number of hydrogen-bond acceptors (Lipinski definition) is 2. The molecule has 2 fully saturated rings. The van der Waals surface area contributed by atoms with Crippen molar-refractivity contribution in [2.75, 3.05) is 26.2 Å². The number of benzene rings is 1. The fourth-order valence-corrected chi connectivity index (χ4v) is 3.49. The van der Waals surface area contributed by atoms with Gasteiger partial charge >= 0.3 is 0 Å². The molecule has 2 saturated heterocycles. The Morgan fingerprint density at radius 1 is 0.958 bits per heavy atom. The molecule has 0 unspecified atom stereocenters. The molecule has 0 saturated carbocycles. The molecule has 128 valence electrons. The second-order valence-corrected chi connectivity index (χ2v) is 6.88. The van der Waals surface area contributed by atoms with Crippen LogP contribution in [0, 0.1) is 12.8 Å². The van der Waals surface area contributed by atoms with Gasteiger partial charge in [0.05, 0.1) is 0 Å². The summed E-state index contributed by atoms with van der Waals surface area (Å²) >= 11 is 0. The molecular weight excluding hydrogens is 300 g/mol. The quantitative estimate of drug-likeness (QED) is 0.802. The molecule has 4 heteroatoms. The van der Waals surface area contributed by atoms with Gasteiger partial charge in [0.15, 0.2) is 0 Å². The van der Waals surface area contributed by atoms with Gasteiger partial charge in [-0.3, -0.25) is 9.59 Å². The maximum atomic E-state index is 12.4. The van der Waals surface area contributed by atoms with E-state index in [1.54, 1.807) is 6.08 Å². The van der Waals surface area contributed by atoms with Crippen LogP contribution in [0.2, 0.25) is 0 Å². The maximum absolute atomic E-state index is 12.4. The lowest BCUT2D eigenvalue weighted by Crippen LogP contribution is -2.43. The molecule has 0 atom stereocenters. The molecule has 1 aromatic rings. The van der Waals surface area contributed by atoms with Crippen molar-refractivity contribution < 1.29 is 9.59 Å². The SMILES string of the molecule is Cc1ccc(/C=C/C(=O)N2CCC(C(=O)N3CCCC3)CC2)cc1. The number of rotatable bonds is 3. The van der Waals surface area contributed by atoms with Gasteiger partial charge in [-0.25, -0.2) is 0 Å². The van der Waals surface area contributed by atoms with Crippen LogP contribution in [0.3, 0.4) is 0 Å². The Bertz CT molecular complexity index is 607. The average Bonchev–Trinajstić information content (AvgIpc) is 3.15. The van der Waals surface area contributed by atoms with Gasteiger partial charge in [0.2, 0.25) is 11.8 Å². The number of amides is 2. The van der Waals surface area contributed by atoms with Crippen LogP contribution in [-0.4, -0.2) is 47.8 Å². The van der Waals surface area contributed by atoms with Crippen LogP contribution in [0.1, 0.15) is 36.8 Å². The zero-order valence-electron chi connectivity index (χ0n) is 14.4. The summed E-state index contributed by atoms with van der Waals surface area (Å²) in [6.45, 7) is 5.24. The van der Waals surface area contributed by atoms with Gasteiger partial charge in [-0.05, 0) is 44.2 Å². The Kier molecular flexibility index (Phi) is 5.34. The van der Waals surface area contributed by atoms with Crippen molar-refractivity contribution in [1.82, 2.24) is 9.80 Å². The van der Waals surface area contributed by atoms with E-state index >= 15 is 0 Å². The third kappa shape index (κ3) is 4.05. The van der Waals surface area contributed by atoms with E-state index in [4.69, 9.17) is 0 Å². The van der Waals surface area contributed by atoms with E-state index in [1.165, 1.54) is 5.56 Å². The fourth-order valence-electron chi connectivity index (χ4n) is 3.49. The summed E-state index contributed by atoms with van der Waals surface area (Å²) in [5.74, 6) is 0.450. The summed E-state index contributed by atoms with van der Waals surface area (Å²) in [4.78, 5) is 28.6. The molecule has 2 amide bonds. The van der Waals surface area contributed by atoms with Crippen LogP contribution in [0.25, 0.3) is 6.08 Å². The first-order valence-electron chi connectivity index (χ1n) is 8.96. The molecular formula is C20H26N2O2. The Hall–Kier alpha value is -2.10. The Morgan fingerprint density at radius 3 is 2.21 bits per heavy atom. The highest BCUT2D eigenvalue weighted by atomic mass is 16.2. The van der Waals surface area contributed by atoms with Crippen molar-refractivity contribution in [3.63, 3.8) is 0 Å². The van der Waals surface area contributed by atoms with Crippen molar-refractivity contribution in [3.05, 3.63) is 41.5 Å². The van der Waals surface area contributed by atoms with Crippen LogP contribution < -0.4 is 0 Å². The van der Waals surface area contributed by atoms with Crippen LogP contribution in [0.5, 0.6) is 0 Å². The van der Waals surface area contributed by atoms with E-state index in [0.29, 0.717) is 19.0 Å². The minimum atomic E-state index is 0.0441. The Morgan fingerprint density at radius 2 is 1.58 bits per heavy atom. The van der Waals surface area contributed by atoms with Crippen molar-refractivity contribution in [2.24, 2.45) is 5.92 Å². The van der Waals surface area contributed by atoms with Crippen molar-refractivity contribution in [1.29, 1.82) is 0 Å². The predicted octanol–water partition coefficient (Wildman–Crippen LogP) is 2.87. The topological polar surface area (TPSA) is 40.6 Å². The second-order valence-electron chi connectivity index (χ2n) is 6.88. The molecule has 0 aliphatic carbocycles. The molecule has 0 radical (unpaired) electrons. The number of piperidine rings is 1. The molecule has 2 heterocycles. The summed E-state index contributed by atoms with van der Waals surface area (Å²) in [6.07, 6.45) is 7.36. The molecule has 4 nitrogen and oxygen atoms in total. The first-order chi connectivity index (χ1) is 11.6. The highest BCUT2D eigenvalue weighted by Gasteiger charge is 2.30. The lowest BCUT2D eigenvalue weighted by Gasteiger charge is -2.32. The van der Waals surface area contributed by atoms with E-state index in [9.17, 15) is 9.59 Å². The van der Waals surface area contributed by atoms with E-state index in [0.717, 1.165) is 44.3 Å². The van der Waals surface area contributed by atoms with E-state index in [2.05, 4.69) is 0 Å². The molecule has 2 aliphatic rings. The summed E-state index contributed by atoms with van der Waals surface area (Å²) < 4.78 is 0. The maximum Gasteiger partial charge on any atom is 0.246 e. The molecule has 0 N–H and O–H groups in total. The Labute approximate surface area is 144 Å². The third-order valence-corrected chi connectivity index (χ3v) is 5.07. The van der Waals surface area contributed by atoms with Gasteiger partial charge in [0, 0.05) is 38.2 Å². The van der Waals surface area contributed by atoms with Gasteiger partial charge in [0.1, 0.15) is 0 Å². The summed E-state index contributed by atoms with van der Waals surface area (Å²) in [7, 11) is 0. The number of carbonyl (C=O) groups is 2. The van der Waals surface area contributed by atoms with Gasteiger partial charge in [-0.15, -0.1) is 0 Å². The molecule has 2 aliphatic heterocycles. The van der Waals surface area contributed by atoms with Crippen LogP contribution in [0.4, 0.5) is 0 Å². The van der Waals surface area contributed by atoms with Gasteiger partial charge < -0.3 is 9.80 Å². The average molecular weight is 326 g/mol. The molecule has 24 heavy (non-hydrogen) atoms. The standard InChI is InChI=1S/C20H26N2O2/c1-16-4-6-17(7-5-16)8-9-19(23)21-14-10-18(11-15-21)20(24)22-12-2-3-13-22/h4-9,18H,2-3,10-15H2,1H3/b9-8+. The smallest absolute Gasteiger partial charge is 0.246 e. The lowest BCUT2D eigenvalue weighted by molar-refractivity contribution is -0.138. The minimum Gasteiger partial charge on any atom is -0.342 e. The van der Waals surface area contributed by atoms with Gasteiger partial charge in [0.25, 0.3) is 0 Å². The van der Waals surface area contributed by atoms with Crippen molar-refractivity contribution in [3.8, 4) is 0 Å². The zero-order valence-corrected chi connectivity index (χ0v) is 14.4. The minimum absolute atomic E-state index is 0.0441. The van der Waals surface area contributed by atoms with Gasteiger partial charge in [-0.2, -0.15) is 0 Å². The number of carbonyl (C=O) groups excluding carboxylic acids is 2. The summed E-state index contributed by atoms with van der Waals surface area (Å²) in [5, 5.41) is 0. The second kappa shape index (κ2) is 7.65. The first kappa shape index (κ1) is 16.7. The normalized spacial score (nSPS) is 19.2. The number of nitrogens with zero attached hydrogens (tertiary/aromatic N) is 2. The molecule has 3 rings (SSSR count). The predicted molar refractivity (Wildman–Crippen MR) is 95.3 cm³/mol. The van der Waals surface area contributed by atoms with Gasteiger partial charge in [-0.1, -0.05) is 29.8 Å². The van der Waals surface area contributed by atoms with Crippen LogP contribution in [-0.2, 0) is 9.59 Å². The number of likely N-dealkylation sites (tertiary alicyclic amines) is 2. The lowest BCUT2D eigenvalue weighted by atomic mass is 9.95. The third-order valence-electron chi connectivity index (χ3n) is 5.07. The monoisotopic (exact) mass is 326 g/mol. The number of hydrogen-bond donors (Lipinski definition) is 0. The highest BCUT2D eigenvalue weighted by Crippen LogP contribution is 2.22. The molecule has 0 aromatic heterocycles. The molecule has 0 spiro atoms. The first-order valence-corrected chi connectivity index (χ1v) is 8.96. The largest absolute Gasteiger partial charge is 0.342 e. The fraction of sp³-hybridized carbons (Fsp3) is 0.500. The molecule has 1 aromatic carbocycles. The van der Waals surface area contributed by atoms with E-state index in [-0.39, 0.29) is 11.8 Å². The van der Waals surface area contributed by atoms with Crippen LogP contribution in [0.15, 0.2) is 30.3 Å². The number of aryl methyl sites for hydroxylation is 1. The summed E-state index contributed by atoms with van der Waals surface area (Å²) in [6, 6.07) is 8.11. The highest BCUT2D eigenvalue weighted by molar-refractivity contribution is 5.92. The molecule has 0 bridgehead atoms. The van der Waals surface area contributed by atoms with Crippen molar-refractivity contribution in [2.45, 2.75) is 32.6 Å². The van der Waals surface area contributed by atoms with Crippen LogP contribution >= 0.6 is 0 Å². The zero-order chi connectivity index (χ0) is 16.9. The van der Waals surface area contributed by atoms with Crippen molar-refractivity contribution >= 4 is 17.9 Å². The summed E-state index contributed by atoms with van der Waals surface area (Å²) in [5.41, 5.74) is 2.25. The van der Waals surface area contributed by atoms with E-state index < -0.39 is 0 Å².